The molecular weight excluding hydrogens is 299 g/mol. The zero-order valence-electron chi connectivity index (χ0n) is 9.83. The fourth-order valence-electron chi connectivity index (χ4n) is 1.82. The molecule has 2 aromatic heterocycles. The fraction of sp³-hybridized carbons (Fsp3) is 0.0714. The molecule has 1 atom stereocenters. The molecule has 1 unspecified atom stereocenters. The Morgan fingerprint density at radius 3 is 2.58 bits per heavy atom. The summed E-state index contributed by atoms with van der Waals surface area (Å²) in [5.41, 5.74) is 1.98. The van der Waals surface area contributed by atoms with E-state index in [4.69, 9.17) is 23.2 Å². The Labute approximate surface area is 125 Å². The van der Waals surface area contributed by atoms with E-state index in [1.165, 1.54) is 11.3 Å². The van der Waals surface area contributed by atoms with Crippen molar-refractivity contribution in [2.75, 3.05) is 0 Å². The van der Waals surface area contributed by atoms with E-state index in [1.807, 2.05) is 53.3 Å². The number of halogens is 2. The Balaban J connectivity index is 1.89. The minimum Gasteiger partial charge on any atom is -0.241 e. The molecule has 0 N–H and O–H groups in total. The quantitative estimate of drug-likeness (QED) is 0.628. The van der Waals surface area contributed by atoms with Gasteiger partial charge in [-0.25, -0.2) is 4.68 Å². The lowest BCUT2D eigenvalue weighted by Crippen LogP contribution is -1.93. The lowest BCUT2D eigenvalue weighted by atomic mass is 10.2. The van der Waals surface area contributed by atoms with Crippen LogP contribution in [0.15, 0.2) is 54.9 Å². The molecule has 1 aromatic carbocycles. The summed E-state index contributed by atoms with van der Waals surface area (Å²) < 4.78 is 2.57. The van der Waals surface area contributed by atoms with Gasteiger partial charge in [0.05, 0.1) is 21.6 Å². The number of alkyl halides is 1. The second kappa shape index (κ2) is 5.37. The minimum absolute atomic E-state index is 0.213. The maximum Gasteiger partial charge on any atom is 0.0958 e. The summed E-state index contributed by atoms with van der Waals surface area (Å²) in [6, 6.07) is 13.8. The molecule has 0 spiro atoms. The van der Waals surface area contributed by atoms with Crippen LogP contribution in [0.4, 0.5) is 0 Å². The third kappa shape index (κ3) is 2.68. The molecule has 3 aromatic rings. The molecule has 0 amide bonds. The van der Waals surface area contributed by atoms with Gasteiger partial charge in [-0.15, -0.1) is 22.9 Å². The van der Waals surface area contributed by atoms with Crippen LogP contribution in [0.25, 0.3) is 5.69 Å². The Kier molecular flexibility index (Phi) is 3.60. The maximum atomic E-state index is 6.44. The first-order chi connectivity index (χ1) is 9.24. The van der Waals surface area contributed by atoms with Crippen molar-refractivity contribution in [1.82, 2.24) is 9.78 Å². The molecule has 0 aliphatic heterocycles. The molecule has 0 bridgehead atoms. The molecule has 0 fully saturated rings. The average molecular weight is 309 g/mol. The highest BCUT2D eigenvalue weighted by atomic mass is 35.5. The van der Waals surface area contributed by atoms with Gasteiger partial charge in [-0.2, -0.15) is 5.10 Å². The number of para-hydroxylation sites is 1. The van der Waals surface area contributed by atoms with Crippen LogP contribution in [0.1, 0.15) is 15.8 Å². The zero-order valence-corrected chi connectivity index (χ0v) is 12.2. The smallest absolute Gasteiger partial charge is 0.0958 e. The van der Waals surface area contributed by atoms with E-state index < -0.39 is 0 Å². The highest BCUT2D eigenvalue weighted by Crippen LogP contribution is 2.35. The molecule has 0 saturated carbocycles. The van der Waals surface area contributed by atoms with E-state index in [0.717, 1.165) is 20.5 Å². The second-order valence-corrected chi connectivity index (χ2v) is 6.24. The van der Waals surface area contributed by atoms with E-state index in [1.54, 1.807) is 6.20 Å². The largest absolute Gasteiger partial charge is 0.241 e. The predicted molar refractivity (Wildman–Crippen MR) is 80.6 cm³/mol. The first kappa shape index (κ1) is 12.7. The minimum atomic E-state index is -0.213. The van der Waals surface area contributed by atoms with Gasteiger partial charge < -0.3 is 0 Å². The number of benzene rings is 1. The predicted octanol–water partition coefficient (Wildman–Crippen LogP) is 4.92. The van der Waals surface area contributed by atoms with Crippen LogP contribution in [0.5, 0.6) is 0 Å². The third-order valence-corrected chi connectivity index (χ3v) is 4.67. The van der Waals surface area contributed by atoms with Gasteiger partial charge in [0.25, 0.3) is 0 Å². The lowest BCUT2D eigenvalue weighted by molar-refractivity contribution is 0.880. The van der Waals surface area contributed by atoms with Crippen molar-refractivity contribution in [2.45, 2.75) is 5.38 Å². The standard InChI is InChI=1S/C14H10Cl2N2S/c15-13-7-6-12(19-13)14(16)10-8-17-18(9-10)11-4-2-1-3-5-11/h1-9,14H. The summed E-state index contributed by atoms with van der Waals surface area (Å²) in [5.74, 6) is 0. The molecule has 2 heterocycles. The molecule has 5 heteroatoms. The average Bonchev–Trinajstić information content (AvgIpc) is 3.08. The Morgan fingerprint density at radius 1 is 1.11 bits per heavy atom. The highest BCUT2D eigenvalue weighted by molar-refractivity contribution is 7.16. The van der Waals surface area contributed by atoms with Crippen LogP contribution in [-0.4, -0.2) is 9.78 Å². The summed E-state index contributed by atoms with van der Waals surface area (Å²) in [5, 5.41) is 4.13. The molecule has 3 rings (SSSR count). The highest BCUT2D eigenvalue weighted by Gasteiger charge is 2.15. The van der Waals surface area contributed by atoms with Gasteiger partial charge in [-0.1, -0.05) is 29.8 Å². The molecular formula is C14H10Cl2N2S. The maximum absolute atomic E-state index is 6.44. The monoisotopic (exact) mass is 308 g/mol. The van der Waals surface area contributed by atoms with Gasteiger partial charge in [-0.05, 0) is 24.3 Å². The van der Waals surface area contributed by atoms with Gasteiger partial charge in [-0.3, -0.25) is 0 Å². The van der Waals surface area contributed by atoms with Crippen molar-refractivity contribution >= 4 is 34.5 Å². The summed E-state index contributed by atoms with van der Waals surface area (Å²) in [6.07, 6.45) is 3.74. The second-order valence-electron chi connectivity index (χ2n) is 4.06. The van der Waals surface area contributed by atoms with E-state index in [2.05, 4.69) is 5.10 Å². The molecule has 0 saturated heterocycles. The van der Waals surface area contributed by atoms with Crippen LogP contribution in [0.3, 0.4) is 0 Å². The number of hydrogen-bond donors (Lipinski definition) is 0. The molecule has 96 valence electrons. The summed E-state index contributed by atoms with van der Waals surface area (Å²) in [4.78, 5) is 1.03. The van der Waals surface area contributed by atoms with Crippen LogP contribution >= 0.6 is 34.5 Å². The summed E-state index contributed by atoms with van der Waals surface area (Å²) in [6.45, 7) is 0. The third-order valence-electron chi connectivity index (χ3n) is 2.76. The van der Waals surface area contributed by atoms with Crippen molar-refractivity contribution in [3.8, 4) is 5.69 Å². The van der Waals surface area contributed by atoms with Gasteiger partial charge in [0.1, 0.15) is 0 Å². The first-order valence-corrected chi connectivity index (χ1v) is 7.36. The van der Waals surface area contributed by atoms with Crippen LogP contribution in [0.2, 0.25) is 4.34 Å². The van der Waals surface area contributed by atoms with Crippen LogP contribution < -0.4 is 0 Å². The van der Waals surface area contributed by atoms with Crippen LogP contribution in [0, 0.1) is 0 Å². The van der Waals surface area contributed by atoms with E-state index in [0.29, 0.717) is 0 Å². The van der Waals surface area contributed by atoms with Crippen molar-refractivity contribution < 1.29 is 0 Å². The lowest BCUT2D eigenvalue weighted by Gasteiger charge is -2.03. The number of hydrogen-bond acceptors (Lipinski definition) is 2. The number of aromatic nitrogens is 2. The Hall–Kier alpha value is -1.29. The number of thiophene rings is 1. The number of rotatable bonds is 3. The summed E-state index contributed by atoms with van der Waals surface area (Å²) >= 11 is 13.9. The Morgan fingerprint density at radius 2 is 1.89 bits per heavy atom. The van der Waals surface area contributed by atoms with Gasteiger partial charge in [0.2, 0.25) is 0 Å². The SMILES string of the molecule is Clc1ccc(C(Cl)c2cnn(-c3ccccc3)c2)s1. The molecule has 0 radical (unpaired) electrons. The van der Waals surface area contributed by atoms with E-state index in [-0.39, 0.29) is 5.38 Å². The van der Waals surface area contributed by atoms with Crippen LogP contribution in [-0.2, 0) is 0 Å². The fourth-order valence-corrected chi connectivity index (χ4v) is 3.20. The Bertz CT molecular complexity index is 676. The van der Waals surface area contributed by atoms with Crippen molar-refractivity contribution in [1.29, 1.82) is 0 Å². The molecule has 0 aliphatic rings. The van der Waals surface area contributed by atoms with Crippen molar-refractivity contribution in [3.63, 3.8) is 0 Å². The van der Waals surface area contributed by atoms with Crippen molar-refractivity contribution in [2.24, 2.45) is 0 Å². The molecule has 19 heavy (non-hydrogen) atoms. The zero-order chi connectivity index (χ0) is 13.2. The van der Waals surface area contributed by atoms with Gasteiger partial charge >= 0.3 is 0 Å². The molecule has 2 nitrogen and oxygen atoms in total. The van der Waals surface area contributed by atoms with Gasteiger partial charge in [0, 0.05) is 16.6 Å². The summed E-state index contributed by atoms with van der Waals surface area (Å²) in [7, 11) is 0. The van der Waals surface area contributed by atoms with E-state index >= 15 is 0 Å². The normalized spacial score (nSPS) is 12.5. The van der Waals surface area contributed by atoms with E-state index in [9.17, 15) is 0 Å². The van der Waals surface area contributed by atoms with Crippen molar-refractivity contribution in [3.05, 3.63) is 69.6 Å². The van der Waals surface area contributed by atoms with Gasteiger partial charge in [0.15, 0.2) is 0 Å². The topological polar surface area (TPSA) is 17.8 Å². The first-order valence-electron chi connectivity index (χ1n) is 5.73. The molecule has 0 aliphatic carbocycles. The number of nitrogens with zero attached hydrogens (tertiary/aromatic N) is 2.